The molecule has 2 rings (SSSR count). The van der Waals surface area contributed by atoms with Gasteiger partial charge in [0.15, 0.2) is 0 Å². The summed E-state index contributed by atoms with van der Waals surface area (Å²) >= 11 is 0. The fourth-order valence-corrected chi connectivity index (χ4v) is 1.17. The number of hydrogen-bond acceptors (Lipinski definition) is 3. The number of pyridine rings is 1. The lowest BCUT2D eigenvalue weighted by Gasteiger charge is -2.14. The van der Waals surface area contributed by atoms with Crippen LogP contribution in [0.15, 0.2) is 12.3 Å². The first kappa shape index (κ1) is 9.24. The van der Waals surface area contributed by atoms with Crippen molar-refractivity contribution < 1.29 is 9.13 Å². The van der Waals surface area contributed by atoms with Crippen LogP contribution in [0, 0.1) is 5.95 Å². The SMILES string of the molecule is CN(C)c1cc(OC2CC2)cnc1F. The lowest BCUT2D eigenvalue weighted by atomic mass is 10.3. The Labute approximate surface area is 82.5 Å². The maximum absolute atomic E-state index is 13.2. The first-order valence-corrected chi connectivity index (χ1v) is 4.66. The number of rotatable bonds is 3. The van der Waals surface area contributed by atoms with Gasteiger partial charge in [-0.3, -0.25) is 0 Å². The van der Waals surface area contributed by atoms with E-state index >= 15 is 0 Å². The van der Waals surface area contributed by atoms with E-state index in [-0.39, 0.29) is 0 Å². The fourth-order valence-electron chi connectivity index (χ4n) is 1.17. The summed E-state index contributed by atoms with van der Waals surface area (Å²) in [6, 6.07) is 1.68. The third-order valence-electron chi connectivity index (χ3n) is 2.10. The Morgan fingerprint density at radius 3 is 2.79 bits per heavy atom. The zero-order chi connectivity index (χ0) is 10.1. The van der Waals surface area contributed by atoms with Gasteiger partial charge < -0.3 is 9.64 Å². The minimum absolute atomic E-state index is 0.317. The minimum atomic E-state index is -0.460. The normalized spacial score (nSPS) is 15.4. The number of ether oxygens (including phenoxy) is 1. The molecule has 0 saturated heterocycles. The Hall–Kier alpha value is -1.32. The van der Waals surface area contributed by atoms with Gasteiger partial charge in [0.1, 0.15) is 5.75 Å². The van der Waals surface area contributed by atoms with Gasteiger partial charge >= 0.3 is 0 Å². The summed E-state index contributed by atoms with van der Waals surface area (Å²) in [5.41, 5.74) is 0.461. The van der Waals surface area contributed by atoms with E-state index in [2.05, 4.69) is 4.98 Å². The lowest BCUT2D eigenvalue weighted by molar-refractivity contribution is 0.301. The minimum Gasteiger partial charge on any atom is -0.489 e. The van der Waals surface area contributed by atoms with Crippen LogP contribution in [-0.2, 0) is 0 Å². The summed E-state index contributed by atoms with van der Waals surface area (Å²) in [6.07, 6.45) is 3.93. The summed E-state index contributed by atoms with van der Waals surface area (Å²) in [5, 5.41) is 0. The summed E-state index contributed by atoms with van der Waals surface area (Å²) in [6.45, 7) is 0. The number of halogens is 1. The molecule has 1 aliphatic rings. The summed E-state index contributed by atoms with van der Waals surface area (Å²) in [4.78, 5) is 5.33. The highest BCUT2D eigenvalue weighted by molar-refractivity contribution is 5.47. The molecule has 0 atom stereocenters. The van der Waals surface area contributed by atoms with Gasteiger partial charge in [-0.2, -0.15) is 4.39 Å². The molecule has 4 heteroatoms. The molecule has 1 fully saturated rings. The van der Waals surface area contributed by atoms with Crippen molar-refractivity contribution in [2.24, 2.45) is 0 Å². The first-order valence-electron chi connectivity index (χ1n) is 4.66. The predicted octanol–water partition coefficient (Wildman–Crippen LogP) is 1.83. The molecule has 0 unspecified atom stereocenters. The van der Waals surface area contributed by atoms with Crippen molar-refractivity contribution in [2.75, 3.05) is 19.0 Å². The highest BCUT2D eigenvalue weighted by Gasteiger charge is 2.24. The molecule has 1 saturated carbocycles. The van der Waals surface area contributed by atoms with Crippen LogP contribution in [0.4, 0.5) is 10.1 Å². The van der Waals surface area contributed by atoms with E-state index in [4.69, 9.17) is 4.74 Å². The topological polar surface area (TPSA) is 25.4 Å². The van der Waals surface area contributed by atoms with E-state index in [1.807, 2.05) is 0 Å². The monoisotopic (exact) mass is 196 g/mol. The van der Waals surface area contributed by atoms with Gasteiger partial charge in [-0.1, -0.05) is 0 Å². The fraction of sp³-hybridized carbons (Fsp3) is 0.500. The van der Waals surface area contributed by atoms with Gasteiger partial charge in [0.05, 0.1) is 18.0 Å². The van der Waals surface area contributed by atoms with Crippen LogP contribution in [0.5, 0.6) is 5.75 Å². The van der Waals surface area contributed by atoms with Crippen LogP contribution in [0.1, 0.15) is 12.8 Å². The number of hydrogen-bond donors (Lipinski definition) is 0. The van der Waals surface area contributed by atoms with E-state index in [9.17, 15) is 4.39 Å². The van der Waals surface area contributed by atoms with Crippen molar-refractivity contribution >= 4 is 5.69 Å². The van der Waals surface area contributed by atoms with Crippen molar-refractivity contribution in [1.29, 1.82) is 0 Å². The second-order valence-corrected chi connectivity index (χ2v) is 3.69. The molecule has 76 valence electrons. The molecule has 1 aromatic heterocycles. The molecule has 0 amide bonds. The maximum Gasteiger partial charge on any atom is 0.236 e. The van der Waals surface area contributed by atoms with Crippen LogP contribution in [0.3, 0.4) is 0 Å². The van der Waals surface area contributed by atoms with E-state index in [0.717, 1.165) is 12.8 Å². The Kier molecular flexibility index (Phi) is 2.27. The Bertz CT molecular complexity index is 337. The standard InChI is InChI=1S/C10H13FN2O/c1-13(2)9-5-8(6-12-10(9)11)14-7-3-4-7/h5-7H,3-4H2,1-2H3. The third kappa shape index (κ3) is 1.95. The first-order chi connectivity index (χ1) is 6.66. The Balaban J connectivity index is 2.20. The highest BCUT2D eigenvalue weighted by Crippen LogP contribution is 2.28. The van der Waals surface area contributed by atoms with E-state index in [0.29, 0.717) is 17.5 Å². The van der Waals surface area contributed by atoms with Crippen LogP contribution in [0.25, 0.3) is 0 Å². The lowest BCUT2D eigenvalue weighted by Crippen LogP contribution is -2.12. The third-order valence-corrected chi connectivity index (χ3v) is 2.10. The average Bonchev–Trinajstić information content (AvgIpc) is 2.92. The smallest absolute Gasteiger partial charge is 0.236 e. The number of aromatic nitrogens is 1. The van der Waals surface area contributed by atoms with E-state index < -0.39 is 5.95 Å². The zero-order valence-corrected chi connectivity index (χ0v) is 8.33. The molecule has 0 spiro atoms. The van der Waals surface area contributed by atoms with Gasteiger partial charge in [0, 0.05) is 20.2 Å². The van der Waals surface area contributed by atoms with Crippen molar-refractivity contribution in [1.82, 2.24) is 4.98 Å². The van der Waals surface area contributed by atoms with Crippen LogP contribution < -0.4 is 9.64 Å². The quantitative estimate of drug-likeness (QED) is 0.689. The van der Waals surface area contributed by atoms with Gasteiger partial charge in [-0.15, -0.1) is 0 Å². The van der Waals surface area contributed by atoms with Crippen LogP contribution in [0.2, 0.25) is 0 Å². The second-order valence-electron chi connectivity index (χ2n) is 3.69. The molecule has 1 aromatic rings. The zero-order valence-electron chi connectivity index (χ0n) is 8.33. The molecule has 1 aliphatic carbocycles. The van der Waals surface area contributed by atoms with Gasteiger partial charge in [-0.25, -0.2) is 4.98 Å². The van der Waals surface area contributed by atoms with E-state index in [1.165, 1.54) is 6.20 Å². The molecule has 0 N–H and O–H groups in total. The van der Waals surface area contributed by atoms with Crippen molar-refractivity contribution in [2.45, 2.75) is 18.9 Å². The van der Waals surface area contributed by atoms with Gasteiger partial charge in [-0.05, 0) is 12.8 Å². The van der Waals surface area contributed by atoms with Crippen LogP contribution >= 0.6 is 0 Å². The molecule has 3 nitrogen and oxygen atoms in total. The van der Waals surface area contributed by atoms with Crippen molar-refractivity contribution in [3.63, 3.8) is 0 Å². The van der Waals surface area contributed by atoms with Crippen LogP contribution in [-0.4, -0.2) is 25.2 Å². The van der Waals surface area contributed by atoms with Crippen molar-refractivity contribution in [3.8, 4) is 5.75 Å². The molecule has 1 heterocycles. The molecular formula is C10H13FN2O. The number of anilines is 1. The van der Waals surface area contributed by atoms with Gasteiger partial charge in [0.2, 0.25) is 5.95 Å². The highest BCUT2D eigenvalue weighted by atomic mass is 19.1. The molecular weight excluding hydrogens is 183 g/mol. The largest absolute Gasteiger partial charge is 0.489 e. The molecule has 0 radical (unpaired) electrons. The average molecular weight is 196 g/mol. The summed E-state index contributed by atoms with van der Waals surface area (Å²) in [7, 11) is 3.56. The van der Waals surface area contributed by atoms with Gasteiger partial charge in [0.25, 0.3) is 0 Å². The molecule has 0 bridgehead atoms. The number of nitrogens with zero attached hydrogens (tertiary/aromatic N) is 2. The summed E-state index contributed by atoms with van der Waals surface area (Å²) < 4.78 is 18.7. The molecule has 0 aromatic carbocycles. The van der Waals surface area contributed by atoms with E-state index in [1.54, 1.807) is 25.1 Å². The predicted molar refractivity (Wildman–Crippen MR) is 52.2 cm³/mol. The van der Waals surface area contributed by atoms with Crippen molar-refractivity contribution in [3.05, 3.63) is 18.2 Å². The second kappa shape index (κ2) is 3.44. The molecule has 0 aliphatic heterocycles. The molecule has 14 heavy (non-hydrogen) atoms. The maximum atomic E-state index is 13.2. The Morgan fingerprint density at radius 2 is 2.21 bits per heavy atom. The Morgan fingerprint density at radius 1 is 1.50 bits per heavy atom. The summed E-state index contributed by atoms with van der Waals surface area (Å²) in [5.74, 6) is 0.191.